The molecule has 0 N–H and O–H groups in total. The quantitative estimate of drug-likeness (QED) is 0.843. The summed E-state index contributed by atoms with van der Waals surface area (Å²) in [5.74, 6) is 0.505. The molecular formula is C8H5BrFN3S. The minimum Gasteiger partial charge on any atom is -0.252 e. The van der Waals surface area contributed by atoms with Gasteiger partial charge in [-0.15, -0.1) is 3.89 Å². The Kier molecular flexibility index (Phi) is 2.83. The zero-order chi connectivity index (χ0) is 9.97. The maximum atomic E-state index is 12.4. The van der Waals surface area contributed by atoms with Crippen LogP contribution in [-0.4, -0.2) is 13.9 Å². The molecule has 0 saturated carbocycles. The lowest BCUT2D eigenvalue weighted by molar-refractivity contribution is 0.915. The second-order valence-electron chi connectivity index (χ2n) is 2.51. The first-order valence-corrected chi connectivity index (χ1v) is 5.22. The lowest BCUT2D eigenvalue weighted by Crippen LogP contribution is -1.90. The van der Waals surface area contributed by atoms with Gasteiger partial charge in [-0.3, -0.25) is 4.98 Å². The zero-order valence-corrected chi connectivity index (χ0v) is 9.30. The zero-order valence-electron chi connectivity index (χ0n) is 6.89. The summed E-state index contributed by atoms with van der Waals surface area (Å²) in [7, 11) is 0. The van der Waals surface area contributed by atoms with Crippen LogP contribution in [0.5, 0.6) is 0 Å². The Balaban J connectivity index is 2.44. The Hall–Kier alpha value is -0.880. The third-order valence-electron chi connectivity index (χ3n) is 1.64. The van der Waals surface area contributed by atoms with Crippen molar-refractivity contribution in [3.8, 4) is 11.5 Å². The molecule has 0 aliphatic heterocycles. The summed E-state index contributed by atoms with van der Waals surface area (Å²) >= 11 is 3.38. The van der Waals surface area contributed by atoms with Crippen molar-refractivity contribution in [2.24, 2.45) is 0 Å². The number of rotatable bonds is 2. The number of hydrogen-bond acceptors (Lipinski definition) is 3. The van der Waals surface area contributed by atoms with E-state index in [9.17, 15) is 3.89 Å². The molecular weight excluding hydrogens is 269 g/mol. The van der Waals surface area contributed by atoms with Gasteiger partial charge < -0.3 is 0 Å². The minimum atomic E-state index is 0.104. The molecule has 0 aliphatic rings. The van der Waals surface area contributed by atoms with E-state index in [2.05, 4.69) is 25.9 Å². The van der Waals surface area contributed by atoms with Crippen molar-refractivity contribution in [1.29, 1.82) is 0 Å². The van der Waals surface area contributed by atoms with Crippen LogP contribution >= 0.6 is 28.3 Å². The van der Waals surface area contributed by atoms with E-state index in [1.54, 1.807) is 18.5 Å². The van der Waals surface area contributed by atoms with Crippen molar-refractivity contribution in [1.82, 2.24) is 13.9 Å². The van der Waals surface area contributed by atoms with Gasteiger partial charge >= 0.3 is 0 Å². The average Bonchev–Trinajstić information content (AvgIpc) is 2.67. The van der Waals surface area contributed by atoms with Gasteiger partial charge in [0, 0.05) is 23.1 Å². The Bertz CT molecular complexity index is 428. The molecule has 0 fully saturated rings. The molecule has 2 aromatic rings. The Labute approximate surface area is 92.9 Å². The van der Waals surface area contributed by atoms with Crippen molar-refractivity contribution < 1.29 is 3.89 Å². The molecule has 72 valence electrons. The third kappa shape index (κ3) is 1.80. The van der Waals surface area contributed by atoms with Crippen LogP contribution in [-0.2, 0) is 0 Å². The fourth-order valence-corrected chi connectivity index (χ4v) is 1.58. The second-order valence-corrected chi connectivity index (χ2v) is 3.95. The van der Waals surface area contributed by atoms with Gasteiger partial charge in [0.1, 0.15) is 5.69 Å². The average molecular weight is 274 g/mol. The summed E-state index contributed by atoms with van der Waals surface area (Å²) in [6, 6.07) is 3.61. The summed E-state index contributed by atoms with van der Waals surface area (Å²) in [5.41, 5.74) is 0.642. The van der Waals surface area contributed by atoms with Crippen LogP contribution in [0, 0.1) is 0 Å². The Morgan fingerprint density at radius 2 is 2.21 bits per heavy atom. The van der Waals surface area contributed by atoms with Gasteiger partial charge in [-0.1, -0.05) is 0 Å². The SMILES string of the molecule is FSn1ccnc1-c1ccc(Br)cn1. The van der Waals surface area contributed by atoms with Gasteiger partial charge in [0.05, 0.1) is 0 Å². The summed E-state index contributed by atoms with van der Waals surface area (Å²) < 4.78 is 14.6. The van der Waals surface area contributed by atoms with Crippen LogP contribution in [0.3, 0.4) is 0 Å². The van der Waals surface area contributed by atoms with Gasteiger partial charge in [0.25, 0.3) is 0 Å². The third-order valence-corrected chi connectivity index (χ3v) is 2.55. The lowest BCUT2D eigenvalue weighted by atomic mass is 10.3. The Morgan fingerprint density at radius 1 is 1.36 bits per heavy atom. The highest BCUT2D eigenvalue weighted by Crippen LogP contribution is 2.21. The standard InChI is InChI=1S/C8H5BrFN3S/c9-6-1-2-7(12-5-6)8-11-3-4-13(8)14-10/h1-5H. The molecule has 0 radical (unpaired) electrons. The van der Waals surface area contributed by atoms with Gasteiger partial charge in [0.15, 0.2) is 18.2 Å². The van der Waals surface area contributed by atoms with Crippen molar-refractivity contribution in [2.75, 3.05) is 0 Å². The summed E-state index contributed by atoms with van der Waals surface area (Å²) in [6.07, 6.45) is 4.73. The first-order valence-electron chi connectivity index (χ1n) is 3.75. The molecule has 0 aromatic carbocycles. The Morgan fingerprint density at radius 3 is 2.86 bits per heavy atom. The summed E-state index contributed by atoms with van der Waals surface area (Å²) in [5, 5.41) is 0. The molecule has 0 aliphatic carbocycles. The minimum absolute atomic E-state index is 0.104. The molecule has 3 nitrogen and oxygen atoms in total. The van der Waals surface area contributed by atoms with Crippen LogP contribution in [0.1, 0.15) is 0 Å². The number of pyridine rings is 1. The number of aromatic nitrogens is 3. The lowest BCUT2D eigenvalue weighted by Gasteiger charge is -2.00. The van der Waals surface area contributed by atoms with E-state index in [4.69, 9.17) is 0 Å². The number of halogens is 2. The molecule has 0 saturated heterocycles. The molecule has 2 aromatic heterocycles. The monoisotopic (exact) mass is 273 g/mol. The van der Waals surface area contributed by atoms with E-state index in [0.717, 1.165) is 4.47 Å². The molecule has 0 bridgehead atoms. The van der Waals surface area contributed by atoms with Crippen LogP contribution in [0.25, 0.3) is 11.5 Å². The van der Waals surface area contributed by atoms with E-state index >= 15 is 0 Å². The number of imidazole rings is 1. The normalized spacial score (nSPS) is 10.4. The summed E-state index contributed by atoms with van der Waals surface area (Å²) in [6.45, 7) is 0. The predicted molar refractivity (Wildman–Crippen MR) is 57.3 cm³/mol. The van der Waals surface area contributed by atoms with Crippen LogP contribution < -0.4 is 0 Å². The maximum absolute atomic E-state index is 12.4. The first-order chi connectivity index (χ1) is 6.81. The van der Waals surface area contributed by atoms with Crippen molar-refractivity contribution >= 4 is 28.3 Å². The predicted octanol–water partition coefficient (Wildman–Crippen LogP) is 3.09. The van der Waals surface area contributed by atoms with E-state index in [0.29, 0.717) is 11.5 Å². The molecule has 2 heterocycles. The molecule has 6 heteroatoms. The van der Waals surface area contributed by atoms with Gasteiger partial charge in [-0.2, -0.15) is 0 Å². The molecule has 0 atom stereocenters. The van der Waals surface area contributed by atoms with Crippen LogP contribution in [0.4, 0.5) is 3.89 Å². The molecule has 0 unspecified atom stereocenters. The van der Waals surface area contributed by atoms with E-state index in [-0.39, 0.29) is 12.3 Å². The van der Waals surface area contributed by atoms with Crippen molar-refractivity contribution in [2.45, 2.75) is 0 Å². The largest absolute Gasteiger partial charge is 0.252 e. The highest BCUT2D eigenvalue weighted by Gasteiger charge is 2.07. The van der Waals surface area contributed by atoms with Gasteiger partial charge in [0.2, 0.25) is 0 Å². The van der Waals surface area contributed by atoms with Gasteiger partial charge in [-0.25, -0.2) is 8.96 Å². The van der Waals surface area contributed by atoms with E-state index in [1.165, 1.54) is 10.2 Å². The highest BCUT2D eigenvalue weighted by molar-refractivity contribution is 9.10. The second kappa shape index (κ2) is 4.10. The fraction of sp³-hybridized carbons (Fsp3) is 0. The first kappa shape index (κ1) is 9.67. The molecule has 0 spiro atoms. The van der Waals surface area contributed by atoms with Crippen LogP contribution in [0.2, 0.25) is 0 Å². The fourth-order valence-electron chi connectivity index (χ4n) is 1.03. The van der Waals surface area contributed by atoms with Gasteiger partial charge in [-0.05, 0) is 28.1 Å². The molecule has 14 heavy (non-hydrogen) atoms. The van der Waals surface area contributed by atoms with Crippen molar-refractivity contribution in [3.05, 3.63) is 35.2 Å². The maximum Gasteiger partial charge on any atom is 0.171 e. The highest BCUT2D eigenvalue weighted by atomic mass is 79.9. The van der Waals surface area contributed by atoms with Crippen molar-refractivity contribution in [3.63, 3.8) is 0 Å². The molecule has 2 rings (SSSR count). The topological polar surface area (TPSA) is 30.7 Å². The van der Waals surface area contributed by atoms with E-state index < -0.39 is 0 Å². The summed E-state index contributed by atoms with van der Waals surface area (Å²) in [4.78, 5) is 8.13. The number of nitrogens with zero attached hydrogens (tertiary/aromatic N) is 3. The van der Waals surface area contributed by atoms with E-state index in [1.807, 2.05) is 6.07 Å². The number of hydrogen-bond donors (Lipinski definition) is 0. The molecule has 0 amide bonds. The van der Waals surface area contributed by atoms with Crippen LogP contribution in [0.15, 0.2) is 35.2 Å². The smallest absolute Gasteiger partial charge is 0.171 e.